The van der Waals surface area contributed by atoms with E-state index in [9.17, 15) is 13.2 Å². The van der Waals surface area contributed by atoms with Crippen molar-refractivity contribution in [2.75, 3.05) is 32.7 Å². The minimum Gasteiger partial charge on any atom is -0.350 e. The van der Waals surface area contributed by atoms with Crippen LogP contribution < -0.4 is 5.32 Å². The lowest BCUT2D eigenvalue weighted by molar-refractivity contribution is 0.0797. The number of sulfonamides is 1. The average Bonchev–Trinajstić information content (AvgIpc) is 2.73. The Labute approximate surface area is 186 Å². The largest absolute Gasteiger partial charge is 0.350 e. The number of hydrogen-bond donors (Lipinski definition) is 1. The molecule has 2 heterocycles. The van der Waals surface area contributed by atoms with Crippen molar-refractivity contribution in [3.8, 4) is 0 Å². The van der Waals surface area contributed by atoms with Gasteiger partial charge in [-0.1, -0.05) is 24.9 Å². The van der Waals surface area contributed by atoms with Gasteiger partial charge < -0.3 is 5.32 Å². The summed E-state index contributed by atoms with van der Waals surface area (Å²) < 4.78 is 27.8. The molecule has 3 rings (SSSR count). The molecular formula is C22H34ClN3O3S. The Kier molecular flexibility index (Phi) is 7.49. The van der Waals surface area contributed by atoms with E-state index in [1.54, 1.807) is 6.07 Å². The standard InChI is InChI=1S/C22H34ClN3O3S/c1-17-8-7-13-26(15-17)30(28,29)20-14-18(9-10-19(20)23)21(27)24-16-22(2,3)25-11-5-4-6-12-25/h9-10,14,17H,4-8,11-13,15-16H2,1-3H3,(H,24,27)/t17-/m1/s1. The first-order chi connectivity index (χ1) is 14.1. The molecule has 6 nitrogen and oxygen atoms in total. The first-order valence-electron chi connectivity index (χ1n) is 10.9. The molecule has 1 atom stereocenters. The van der Waals surface area contributed by atoms with Crippen LogP contribution in [0.5, 0.6) is 0 Å². The molecule has 0 aromatic heterocycles. The van der Waals surface area contributed by atoms with Crippen LogP contribution in [0.1, 0.15) is 63.2 Å². The summed E-state index contributed by atoms with van der Waals surface area (Å²) >= 11 is 6.25. The number of benzene rings is 1. The number of amides is 1. The van der Waals surface area contributed by atoms with Crippen LogP contribution in [0.4, 0.5) is 0 Å². The molecular weight excluding hydrogens is 422 g/mol. The second kappa shape index (κ2) is 9.55. The van der Waals surface area contributed by atoms with Crippen molar-refractivity contribution >= 4 is 27.5 Å². The highest BCUT2D eigenvalue weighted by Crippen LogP contribution is 2.29. The minimum atomic E-state index is -3.73. The smallest absolute Gasteiger partial charge is 0.251 e. The van der Waals surface area contributed by atoms with Gasteiger partial charge in [-0.25, -0.2) is 8.42 Å². The average molecular weight is 456 g/mol. The van der Waals surface area contributed by atoms with Crippen molar-refractivity contribution in [1.29, 1.82) is 0 Å². The molecule has 2 saturated heterocycles. The monoisotopic (exact) mass is 455 g/mol. The first kappa shape index (κ1) is 23.5. The molecule has 2 aliphatic heterocycles. The summed E-state index contributed by atoms with van der Waals surface area (Å²) in [6.45, 7) is 9.88. The van der Waals surface area contributed by atoms with Crippen molar-refractivity contribution < 1.29 is 13.2 Å². The van der Waals surface area contributed by atoms with E-state index in [4.69, 9.17) is 11.6 Å². The molecule has 0 radical (unpaired) electrons. The molecule has 168 valence electrons. The Morgan fingerprint density at radius 2 is 1.87 bits per heavy atom. The fraction of sp³-hybridized carbons (Fsp3) is 0.682. The Hall–Kier alpha value is -1.15. The molecule has 2 aliphatic rings. The minimum absolute atomic E-state index is 0.0150. The Bertz CT molecular complexity index is 866. The number of carbonyl (C=O) groups excluding carboxylic acids is 1. The lowest BCUT2D eigenvalue weighted by atomic mass is 9.98. The lowest BCUT2D eigenvalue weighted by Gasteiger charge is -2.41. The molecule has 1 N–H and O–H groups in total. The predicted molar refractivity (Wildman–Crippen MR) is 120 cm³/mol. The van der Waals surface area contributed by atoms with Crippen LogP contribution in [0.15, 0.2) is 23.1 Å². The Morgan fingerprint density at radius 3 is 2.53 bits per heavy atom. The van der Waals surface area contributed by atoms with Gasteiger partial charge in [0, 0.05) is 30.7 Å². The van der Waals surface area contributed by atoms with Gasteiger partial charge in [0.15, 0.2) is 0 Å². The van der Waals surface area contributed by atoms with Crippen LogP contribution in [-0.4, -0.2) is 61.8 Å². The molecule has 0 bridgehead atoms. The zero-order chi connectivity index (χ0) is 21.9. The quantitative estimate of drug-likeness (QED) is 0.709. The molecule has 1 amide bonds. The second-order valence-corrected chi connectivity index (χ2v) is 11.6. The van der Waals surface area contributed by atoms with Crippen LogP contribution in [0.2, 0.25) is 5.02 Å². The van der Waals surface area contributed by atoms with Gasteiger partial charge in [0.05, 0.1) is 5.02 Å². The van der Waals surface area contributed by atoms with E-state index in [2.05, 4.69) is 31.0 Å². The molecule has 2 fully saturated rings. The van der Waals surface area contributed by atoms with E-state index in [0.29, 0.717) is 31.1 Å². The van der Waals surface area contributed by atoms with Gasteiger partial charge in [0.1, 0.15) is 4.90 Å². The zero-order valence-electron chi connectivity index (χ0n) is 18.3. The Morgan fingerprint density at radius 1 is 1.17 bits per heavy atom. The van der Waals surface area contributed by atoms with E-state index in [0.717, 1.165) is 25.9 Å². The van der Waals surface area contributed by atoms with Crippen LogP contribution in [0, 0.1) is 5.92 Å². The molecule has 0 unspecified atom stereocenters. The van der Waals surface area contributed by atoms with Gasteiger partial charge in [-0.2, -0.15) is 4.31 Å². The SMILES string of the molecule is C[C@@H]1CCCN(S(=O)(=O)c2cc(C(=O)NCC(C)(C)N3CCCCC3)ccc2Cl)C1. The molecule has 0 aliphatic carbocycles. The van der Waals surface area contributed by atoms with E-state index in [-0.39, 0.29) is 21.4 Å². The van der Waals surface area contributed by atoms with Crippen LogP contribution >= 0.6 is 11.6 Å². The van der Waals surface area contributed by atoms with Gasteiger partial charge >= 0.3 is 0 Å². The number of carbonyl (C=O) groups is 1. The number of halogens is 1. The topological polar surface area (TPSA) is 69.7 Å². The number of hydrogen-bond acceptors (Lipinski definition) is 4. The number of nitrogens with zero attached hydrogens (tertiary/aromatic N) is 2. The number of piperidine rings is 2. The second-order valence-electron chi connectivity index (χ2n) is 9.30. The van der Waals surface area contributed by atoms with E-state index >= 15 is 0 Å². The van der Waals surface area contributed by atoms with Crippen molar-refractivity contribution in [1.82, 2.24) is 14.5 Å². The van der Waals surface area contributed by atoms with Crippen LogP contribution in [-0.2, 0) is 10.0 Å². The van der Waals surface area contributed by atoms with E-state index in [1.807, 2.05) is 0 Å². The van der Waals surface area contributed by atoms with E-state index < -0.39 is 10.0 Å². The van der Waals surface area contributed by atoms with Crippen molar-refractivity contribution in [3.05, 3.63) is 28.8 Å². The zero-order valence-corrected chi connectivity index (χ0v) is 19.9. The lowest BCUT2D eigenvalue weighted by Crippen LogP contribution is -2.53. The van der Waals surface area contributed by atoms with Gasteiger partial charge in [-0.3, -0.25) is 9.69 Å². The van der Waals surface area contributed by atoms with Gasteiger partial charge in [-0.05, 0) is 76.7 Å². The highest BCUT2D eigenvalue weighted by molar-refractivity contribution is 7.89. The third-order valence-electron chi connectivity index (χ3n) is 6.32. The van der Waals surface area contributed by atoms with Crippen molar-refractivity contribution in [2.24, 2.45) is 5.92 Å². The summed E-state index contributed by atoms with van der Waals surface area (Å²) in [6.07, 6.45) is 5.49. The summed E-state index contributed by atoms with van der Waals surface area (Å²) in [5.41, 5.74) is 0.166. The van der Waals surface area contributed by atoms with Gasteiger partial charge in [0.2, 0.25) is 10.0 Å². The molecule has 1 aromatic rings. The summed E-state index contributed by atoms with van der Waals surface area (Å²) in [5, 5.41) is 3.14. The molecule has 1 aromatic carbocycles. The summed E-state index contributed by atoms with van der Waals surface area (Å²) in [6, 6.07) is 4.51. The fourth-order valence-corrected chi connectivity index (χ4v) is 6.45. The third kappa shape index (κ3) is 5.36. The highest BCUT2D eigenvalue weighted by Gasteiger charge is 2.32. The number of nitrogens with one attached hydrogen (secondary N) is 1. The fourth-order valence-electron chi connectivity index (χ4n) is 4.36. The highest BCUT2D eigenvalue weighted by atomic mass is 35.5. The van der Waals surface area contributed by atoms with Crippen LogP contribution in [0.3, 0.4) is 0 Å². The maximum atomic E-state index is 13.2. The van der Waals surface area contributed by atoms with Crippen molar-refractivity contribution in [3.63, 3.8) is 0 Å². The third-order valence-corrected chi connectivity index (χ3v) is 8.67. The van der Waals surface area contributed by atoms with Gasteiger partial charge in [0.25, 0.3) is 5.91 Å². The van der Waals surface area contributed by atoms with Crippen LogP contribution in [0.25, 0.3) is 0 Å². The maximum absolute atomic E-state index is 13.2. The van der Waals surface area contributed by atoms with E-state index in [1.165, 1.54) is 35.7 Å². The predicted octanol–water partition coefficient (Wildman–Crippen LogP) is 3.75. The first-order valence-corrected chi connectivity index (χ1v) is 12.8. The molecule has 30 heavy (non-hydrogen) atoms. The summed E-state index contributed by atoms with van der Waals surface area (Å²) in [5.74, 6) is 0.0380. The Balaban J connectivity index is 1.73. The molecule has 0 saturated carbocycles. The summed E-state index contributed by atoms with van der Waals surface area (Å²) in [4.78, 5) is 15.2. The molecule has 0 spiro atoms. The van der Waals surface area contributed by atoms with Gasteiger partial charge in [-0.15, -0.1) is 0 Å². The summed E-state index contributed by atoms with van der Waals surface area (Å²) in [7, 11) is -3.73. The van der Waals surface area contributed by atoms with Crippen molar-refractivity contribution in [2.45, 2.75) is 63.3 Å². The normalized spacial score (nSPS) is 22.1. The molecule has 8 heteroatoms. The maximum Gasteiger partial charge on any atom is 0.251 e. The number of likely N-dealkylation sites (tertiary alicyclic amines) is 1. The number of rotatable bonds is 6.